The van der Waals surface area contributed by atoms with Gasteiger partial charge in [-0.05, 0) is 111 Å². The van der Waals surface area contributed by atoms with Crippen LogP contribution in [-0.2, 0) is 47.6 Å². The minimum Gasteiger partial charge on any atom is -0.505 e. The summed E-state index contributed by atoms with van der Waals surface area (Å²) in [6.45, 7) is 54.6. The Morgan fingerprint density at radius 2 is 1.07 bits per heavy atom. The van der Waals surface area contributed by atoms with Gasteiger partial charge >= 0.3 is 23.9 Å². The van der Waals surface area contributed by atoms with Crippen molar-refractivity contribution < 1.29 is 52.4 Å². The first kappa shape index (κ1) is 88.6. The molecule has 86 heavy (non-hydrogen) atoms. The number of carbonyl (C=O) groups is 5. The summed E-state index contributed by atoms with van der Waals surface area (Å²) in [5.74, 6) is 0.154. The van der Waals surface area contributed by atoms with Crippen LogP contribution in [0.5, 0.6) is 0 Å². The Bertz CT molecular complexity index is 2610. The van der Waals surface area contributed by atoms with Crippen molar-refractivity contribution in [1.29, 1.82) is 0 Å². The molecule has 470 valence electrons. The number of hydrogen-bond acceptors (Lipinski definition) is 15. The SMILES string of the molecule is C=CN.C=CN1CCCC1=O.C=COC.C=COC(=O)C(C)(C)C.C=COC(=O)CC.C=COC(=O)c1ccccc1.C=COC(C)=O.C=COCC.C=CSC.C=CSCC.C=CSc1ccccc1.C=Cn1c2ccccc2c2ccccc21. The van der Waals surface area contributed by atoms with Crippen LogP contribution >= 0.6 is 35.3 Å². The van der Waals surface area contributed by atoms with Crippen LogP contribution in [0.2, 0.25) is 0 Å². The highest BCUT2D eigenvalue weighted by molar-refractivity contribution is 8.02. The number of ether oxygens (including phenoxy) is 6. The number of thioether (sulfide) groups is 3. The largest absolute Gasteiger partial charge is 0.505 e. The normalized spacial score (nSPS) is 9.45. The second kappa shape index (κ2) is 65.5. The summed E-state index contributed by atoms with van der Waals surface area (Å²) in [7, 11) is 1.56. The molecule has 14 nitrogen and oxygen atoms in total. The number of benzene rings is 4. The number of nitrogens with zero attached hydrogens (tertiary/aromatic N) is 2. The quantitative estimate of drug-likeness (QED) is 0.0427. The van der Waals surface area contributed by atoms with E-state index in [1.807, 2.05) is 54.5 Å². The molecule has 4 aromatic carbocycles. The molecule has 1 aliphatic heterocycles. The number of aromatic nitrogens is 1. The molecular formula is C69H95N3O11S3. The van der Waals surface area contributed by atoms with Gasteiger partial charge in [0.25, 0.3) is 0 Å². The van der Waals surface area contributed by atoms with Crippen molar-refractivity contribution in [2.24, 2.45) is 11.1 Å². The van der Waals surface area contributed by atoms with Crippen molar-refractivity contribution >= 4 is 93.1 Å². The van der Waals surface area contributed by atoms with Gasteiger partial charge < -0.3 is 43.6 Å². The fourth-order valence-corrected chi connectivity index (χ4v) is 5.85. The van der Waals surface area contributed by atoms with Gasteiger partial charge in [0.2, 0.25) is 5.91 Å². The highest BCUT2D eigenvalue weighted by Gasteiger charge is 2.22. The predicted molar refractivity (Wildman–Crippen MR) is 371 cm³/mol. The minimum atomic E-state index is -0.422. The summed E-state index contributed by atoms with van der Waals surface area (Å²) in [6.07, 6.45) is 16.1. The summed E-state index contributed by atoms with van der Waals surface area (Å²) in [5, 5.41) is 8.04. The van der Waals surface area contributed by atoms with E-state index in [9.17, 15) is 24.0 Å². The van der Waals surface area contributed by atoms with Crippen LogP contribution in [0.1, 0.15) is 78.1 Å². The number of para-hydroxylation sites is 2. The Hall–Kier alpha value is -8.64. The zero-order chi connectivity index (χ0) is 66.8. The number of fused-ring (bicyclic) bond motifs is 3. The predicted octanol–water partition coefficient (Wildman–Crippen LogP) is 18.5. The number of methoxy groups -OCH3 is 1. The number of amides is 1. The molecule has 6 rings (SSSR count). The number of likely N-dealkylation sites (tertiary alicyclic amines) is 1. The molecule has 1 fully saturated rings. The van der Waals surface area contributed by atoms with Crippen molar-refractivity contribution in [3.63, 3.8) is 0 Å². The Kier molecular flexibility index (Phi) is 67.5. The van der Waals surface area contributed by atoms with Crippen LogP contribution in [0.15, 0.2) is 259 Å². The van der Waals surface area contributed by atoms with E-state index in [1.165, 1.54) is 52.3 Å². The Labute approximate surface area is 527 Å². The molecule has 0 unspecified atom stereocenters. The molecule has 2 heterocycles. The number of nitrogens with two attached hydrogens (primary N) is 1. The van der Waals surface area contributed by atoms with E-state index in [2.05, 4.69) is 185 Å². The average molecular weight is 1240 g/mol. The summed E-state index contributed by atoms with van der Waals surface area (Å²) in [4.78, 5) is 55.1. The molecule has 0 aliphatic carbocycles. The van der Waals surface area contributed by atoms with E-state index in [1.54, 1.807) is 111 Å². The first-order valence-electron chi connectivity index (χ1n) is 26.3. The van der Waals surface area contributed by atoms with Crippen LogP contribution < -0.4 is 5.73 Å². The zero-order valence-electron chi connectivity index (χ0n) is 52.2. The summed E-state index contributed by atoms with van der Waals surface area (Å²) in [5.41, 5.74) is 7.16. The second-order valence-electron chi connectivity index (χ2n) is 15.9. The molecule has 2 N–H and O–H groups in total. The van der Waals surface area contributed by atoms with Crippen LogP contribution in [0, 0.1) is 5.41 Å². The van der Waals surface area contributed by atoms with Crippen LogP contribution in [0.4, 0.5) is 0 Å². The zero-order valence-corrected chi connectivity index (χ0v) is 54.7. The van der Waals surface area contributed by atoms with Crippen molar-refractivity contribution in [2.45, 2.75) is 72.6 Å². The third-order valence-corrected chi connectivity index (χ3v) is 10.4. The topological polar surface area (TPSA) is 175 Å². The fourth-order valence-electron chi connectivity index (χ4n) is 5.11. The molecule has 0 saturated carbocycles. The van der Waals surface area contributed by atoms with Crippen LogP contribution in [-0.4, -0.2) is 71.5 Å². The molecule has 1 aliphatic rings. The number of hydrogen-bond donors (Lipinski definition) is 1. The number of esters is 4. The van der Waals surface area contributed by atoms with Gasteiger partial charge in [0.1, 0.15) is 0 Å². The smallest absolute Gasteiger partial charge is 0.342 e. The van der Waals surface area contributed by atoms with Crippen molar-refractivity contribution in [3.05, 3.63) is 260 Å². The van der Waals surface area contributed by atoms with E-state index in [-0.39, 0.29) is 29.8 Å². The molecule has 0 bridgehead atoms. The van der Waals surface area contributed by atoms with Gasteiger partial charge in [-0.2, -0.15) is 0 Å². The Morgan fingerprint density at radius 3 is 1.31 bits per heavy atom. The van der Waals surface area contributed by atoms with Crippen molar-refractivity contribution in [1.82, 2.24) is 9.47 Å². The highest BCUT2D eigenvalue weighted by Crippen LogP contribution is 2.28. The summed E-state index contributed by atoms with van der Waals surface area (Å²) in [6, 6.07) is 35.7. The lowest BCUT2D eigenvalue weighted by Crippen LogP contribution is -2.20. The van der Waals surface area contributed by atoms with Gasteiger partial charge in [-0.3, -0.25) is 19.2 Å². The first-order valence-corrected chi connectivity index (χ1v) is 29.6. The Morgan fingerprint density at radius 1 is 0.616 bits per heavy atom. The third kappa shape index (κ3) is 53.4. The second-order valence-corrected chi connectivity index (χ2v) is 19.0. The molecule has 17 heteroatoms. The van der Waals surface area contributed by atoms with Gasteiger partial charge in [-0.1, -0.05) is 177 Å². The van der Waals surface area contributed by atoms with Gasteiger partial charge in [-0.25, -0.2) is 4.79 Å². The van der Waals surface area contributed by atoms with Gasteiger partial charge in [0, 0.05) is 48.2 Å². The standard InChI is InChI=1S/C14H11N.C9H8O2.C8H8S.C7H12O2.C6H9NO.C5H8O2.C4H6O2.C4H8O.C4H8S.C3H6O.C3H6S.C2H5N/c1-2-15-13-9-5-3-7-11(13)12-8-4-6-10-14(12)15;1-2-11-9(10)8-6-4-3-5-7-8;1-2-9-8-6-4-3-5-7-8;1-5-9-6(8)7(2,3)4;1-2-7-5-3-4-6(7)8;1-3-5(6)7-4-2;1-3-6-4(2)5;2*1-3-5-4-2;2*1-3-4-2;1-2-3/h2-10H,1H2;2-7H,1H2;2-7H,1H2;5H,1H2,2-4H3;2H,1,3-5H2;4H,2-3H2,1H3;3H,1H2,2H3;2*3H,1,4H2,2H3;2*3H,1H2,2H3;2H,1,3H2. The maximum atomic E-state index is 11.0. The monoisotopic (exact) mass is 1240 g/mol. The first-order chi connectivity index (χ1) is 41.2. The molecule has 0 spiro atoms. The van der Waals surface area contributed by atoms with Gasteiger partial charge in [0.15, 0.2) is 0 Å². The third-order valence-electron chi connectivity index (χ3n) is 8.75. The molecule has 1 aromatic heterocycles. The number of rotatable bonds is 16. The van der Waals surface area contributed by atoms with E-state index < -0.39 is 5.41 Å². The van der Waals surface area contributed by atoms with E-state index in [4.69, 9.17) is 0 Å². The minimum absolute atomic E-state index is 0.208. The van der Waals surface area contributed by atoms with Gasteiger partial charge in [-0.15, -0.1) is 23.5 Å². The lowest BCUT2D eigenvalue weighted by molar-refractivity contribution is -0.147. The van der Waals surface area contributed by atoms with Gasteiger partial charge in [0.05, 0.1) is 73.3 Å². The van der Waals surface area contributed by atoms with Crippen LogP contribution in [0.3, 0.4) is 0 Å². The van der Waals surface area contributed by atoms with E-state index >= 15 is 0 Å². The highest BCUT2D eigenvalue weighted by atomic mass is 32.2. The van der Waals surface area contributed by atoms with E-state index in [0.29, 0.717) is 18.4 Å². The molecular weight excluding hydrogens is 1140 g/mol. The fraction of sp³-hybridized carbons (Fsp3) is 0.232. The molecule has 0 radical (unpaired) electrons. The average Bonchev–Trinajstić information content (AvgIpc) is 1.90. The van der Waals surface area contributed by atoms with Crippen LogP contribution in [0.25, 0.3) is 28.0 Å². The lowest BCUT2D eigenvalue weighted by Gasteiger charge is -2.13. The number of carbonyl (C=O) groups excluding carboxylic acids is 5. The lowest BCUT2D eigenvalue weighted by atomic mass is 9.98. The molecule has 0 atom stereocenters. The molecule has 1 saturated heterocycles. The summed E-state index contributed by atoms with van der Waals surface area (Å²) < 4.78 is 28.6. The van der Waals surface area contributed by atoms with Crippen molar-refractivity contribution in [2.75, 3.05) is 32.3 Å². The maximum Gasteiger partial charge on any atom is 0.342 e. The maximum absolute atomic E-state index is 11.0. The van der Waals surface area contributed by atoms with E-state index in [0.717, 1.165) is 50.4 Å². The molecule has 1 amide bonds. The molecule has 5 aromatic rings. The van der Waals surface area contributed by atoms with Crippen molar-refractivity contribution in [3.8, 4) is 0 Å². The Balaban J connectivity index is -0.000000209. The summed E-state index contributed by atoms with van der Waals surface area (Å²) >= 11 is 4.99.